The molecule has 0 bridgehead atoms. The Labute approximate surface area is 256 Å². The normalized spacial score (nSPS) is 41.7. The van der Waals surface area contributed by atoms with Crippen LogP contribution >= 0.6 is 0 Å². The lowest BCUT2D eigenvalue weighted by atomic mass is 9.65. The van der Waals surface area contributed by atoms with Crippen molar-refractivity contribution in [3.05, 3.63) is 11.8 Å². The summed E-state index contributed by atoms with van der Waals surface area (Å²) in [6.07, 6.45) is 10.7. The van der Waals surface area contributed by atoms with Crippen LogP contribution in [0.2, 0.25) is 0 Å². The Balaban J connectivity index is 1.11. The van der Waals surface area contributed by atoms with E-state index in [0.29, 0.717) is 31.0 Å². The minimum atomic E-state index is -1.20. The zero-order valence-electron chi connectivity index (χ0n) is 25.9. The van der Waals surface area contributed by atoms with Crippen molar-refractivity contribution in [1.82, 2.24) is 25.3 Å². The van der Waals surface area contributed by atoms with Gasteiger partial charge in [0.05, 0.1) is 49.1 Å². The third-order valence-corrected chi connectivity index (χ3v) is 12.1. The Morgan fingerprint density at radius 3 is 2.58 bits per heavy atom. The number of ketones is 1. The van der Waals surface area contributed by atoms with Crippen molar-refractivity contribution in [2.24, 2.45) is 17.8 Å². The molecule has 9 nitrogen and oxygen atoms in total. The minimum Gasteiger partial charge on any atom is -0.379 e. The zero-order valence-corrected chi connectivity index (χ0v) is 25.9. The second-order valence-electron chi connectivity index (χ2n) is 14.4. The van der Waals surface area contributed by atoms with Gasteiger partial charge >= 0.3 is 0 Å². The van der Waals surface area contributed by atoms with Crippen molar-refractivity contribution in [2.75, 3.05) is 59.5 Å². The van der Waals surface area contributed by atoms with Crippen molar-refractivity contribution in [3.63, 3.8) is 0 Å². The van der Waals surface area contributed by atoms with E-state index in [0.717, 1.165) is 65.1 Å². The number of halogens is 1. The summed E-state index contributed by atoms with van der Waals surface area (Å²) in [6, 6.07) is -0.0814. The molecule has 0 spiro atoms. The molecular formula is C33H52FN5O4. The van der Waals surface area contributed by atoms with Crippen molar-refractivity contribution in [2.45, 2.75) is 107 Å². The molecule has 0 aromatic carbocycles. The SMILES string of the molecule is CN1CCCC1CCNC(=O)C1=CN2C3CC4CCCCC4CC3OC3C(NCCN4CCOCC4)C(F)CC(C1=O)C32. The van der Waals surface area contributed by atoms with Gasteiger partial charge in [-0.1, -0.05) is 25.7 Å². The number of nitrogens with one attached hydrogen (secondary N) is 2. The number of likely N-dealkylation sites (tertiary alicyclic amines) is 1. The molecular weight excluding hydrogens is 549 g/mol. The van der Waals surface area contributed by atoms with Crippen molar-refractivity contribution >= 4 is 11.7 Å². The lowest BCUT2D eigenvalue weighted by Gasteiger charge is -2.61. The maximum Gasteiger partial charge on any atom is 0.256 e. The second-order valence-corrected chi connectivity index (χ2v) is 14.4. The number of ether oxygens (including phenoxy) is 2. The quantitative estimate of drug-likeness (QED) is 0.410. The summed E-state index contributed by atoms with van der Waals surface area (Å²) in [5, 5.41) is 6.61. The van der Waals surface area contributed by atoms with Crippen LogP contribution in [0, 0.1) is 17.8 Å². The summed E-state index contributed by atoms with van der Waals surface area (Å²) < 4.78 is 28.5. The Bertz CT molecular complexity index is 1050. The van der Waals surface area contributed by atoms with Crippen LogP contribution in [0.1, 0.15) is 64.2 Å². The molecule has 7 rings (SSSR count). The summed E-state index contributed by atoms with van der Waals surface area (Å²) in [6.45, 7) is 6.45. The van der Waals surface area contributed by atoms with Crippen molar-refractivity contribution in [3.8, 4) is 0 Å². The van der Waals surface area contributed by atoms with Crippen LogP contribution in [-0.4, -0.2) is 128 Å². The molecule has 0 aromatic rings. The summed E-state index contributed by atoms with van der Waals surface area (Å²) in [4.78, 5) is 34.5. The van der Waals surface area contributed by atoms with Crippen LogP contribution in [0.15, 0.2) is 11.8 Å². The van der Waals surface area contributed by atoms with E-state index in [1.807, 2.05) is 6.20 Å². The number of amides is 1. The molecule has 6 fully saturated rings. The molecule has 4 heterocycles. The molecule has 1 amide bonds. The number of hydrogen-bond donors (Lipinski definition) is 2. The molecule has 3 saturated carbocycles. The Hall–Kier alpha value is -1.59. The molecule has 43 heavy (non-hydrogen) atoms. The van der Waals surface area contributed by atoms with Crippen LogP contribution < -0.4 is 10.6 Å². The third-order valence-electron chi connectivity index (χ3n) is 12.1. The standard InChI is InChI=1S/C33H52FN5O4/c1-37-11-4-7-23(37)8-9-36-33(41)25-20-39-27-17-21-5-2-3-6-22(21)18-28(27)43-32-29(26(34)19-24(30(32)39)31(25)40)35-10-12-38-13-15-42-16-14-38/h20-24,26-30,32,35H,2-19H2,1H3,(H,36,41). The maximum atomic E-state index is 16.1. The third kappa shape index (κ3) is 6.03. The fourth-order valence-corrected chi connectivity index (χ4v) is 9.70. The van der Waals surface area contributed by atoms with Crippen LogP contribution in [0.25, 0.3) is 0 Å². The van der Waals surface area contributed by atoms with E-state index in [1.165, 1.54) is 32.1 Å². The van der Waals surface area contributed by atoms with Gasteiger partial charge in [-0.15, -0.1) is 0 Å². The van der Waals surface area contributed by atoms with E-state index in [9.17, 15) is 9.59 Å². The van der Waals surface area contributed by atoms with E-state index in [-0.39, 0.29) is 41.9 Å². The highest BCUT2D eigenvalue weighted by Crippen LogP contribution is 2.50. The number of nitrogens with zero attached hydrogens (tertiary/aromatic N) is 3. The number of hydrogen-bond acceptors (Lipinski definition) is 8. The first-order valence-corrected chi connectivity index (χ1v) is 17.3. The lowest BCUT2D eigenvalue weighted by molar-refractivity contribution is -0.208. The van der Waals surface area contributed by atoms with Crippen LogP contribution in [0.3, 0.4) is 0 Å². The largest absolute Gasteiger partial charge is 0.379 e. The number of carbonyl (C=O) groups is 2. The van der Waals surface area contributed by atoms with Crippen LogP contribution in [0.4, 0.5) is 4.39 Å². The summed E-state index contributed by atoms with van der Waals surface area (Å²) in [5.74, 6) is 0.266. The van der Waals surface area contributed by atoms with Gasteiger partial charge in [-0.3, -0.25) is 14.5 Å². The number of Topliss-reactive ketones (excluding diaryl/α,β-unsaturated/α-hetero) is 1. The molecule has 0 aromatic heterocycles. The molecule has 3 aliphatic carbocycles. The van der Waals surface area contributed by atoms with Gasteiger partial charge in [0.1, 0.15) is 6.17 Å². The second kappa shape index (κ2) is 13.0. The van der Waals surface area contributed by atoms with Crippen molar-refractivity contribution < 1.29 is 23.5 Å². The smallest absolute Gasteiger partial charge is 0.256 e. The number of morpholine rings is 2. The number of carbonyl (C=O) groups excluding carboxylic acids is 2. The van der Waals surface area contributed by atoms with Gasteiger partial charge in [-0.2, -0.15) is 0 Å². The Kier molecular flexibility index (Phi) is 9.11. The molecule has 10 heteroatoms. The molecule has 10 unspecified atom stereocenters. The van der Waals surface area contributed by atoms with Gasteiger partial charge in [0, 0.05) is 50.9 Å². The first kappa shape index (κ1) is 30.1. The van der Waals surface area contributed by atoms with E-state index >= 15 is 4.39 Å². The van der Waals surface area contributed by atoms with Gasteiger partial charge in [0.25, 0.3) is 5.91 Å². The van der Waals surface area contributed by atoms with E-state index in [1.54, 1.807) is 0 Å². The highest BCUT2D eigenvalue weighted by Gasteiger charge is 2.59. The highest BCUT2D eigenvalue weighted by atomic mass is 19.1. The first-order chi connectivity index (χ1) is 21.0. The monoisotopic (exact) mass is 601 g/mol. The van der Waals surface area contributed by atoms with Gasteiger partial charge in [0.15, 0.2) is 5.78 Å². The van der Waals surface area contributed by atoms with Gasteiger partial charge < -0.3 is 29.9 Å². The lowest BCUT2D eigenvalue weighted by Crippen LogP contribution is -2.73. The average molecular weight is 602 g/mol. The predicted octanol–water partition coefficient (Wildman–Crippen LogP) is 2.11. The van der Waals surface area contributed by atoms with E-state index in [2.05, 4.69) is 32.4 Å². The summed E-state index contributed by atoms with van der Waals surface area (Å²) >= 11 is 0. The van der Waals surface area contributed by atoms with Gasteiger partial charge in [-0.25, -0.2) is 4.39 Å². The molecule has 7 aliphatic rings. The molecule has 2 N–H and O–H groups in total. The minimum absolute atomic E-state index is 0.00163. The molecule has 240 valence electrons. The highest BCUT2D eigenvalue weighted by molar-refractivity contribution is 6.20. The van der Waals surface area contributed by atoms with E-state index in [4.69, 9.17) is 9.47 Å². The number of fused-ring (bicyclic) bond motifs is 3. The number of rotatable bonds is 8. The molecule has 4 aliphatic heterocycles. The van der Waals surface area contributed by atoms with Crippen molar-refractivity contribution in [1.29, 1.82) is 0 Å². The molecule has 0 radical (unpaired) electrons. The first-order valence-electron chi connectivity index (χ1n) is 17.3. The summed E-state index contributed by atoms with van der Waals surface area (Å²) in [5.41, 5.74) is 0.220. The Morgan fingerprint density at radius 2 is 1.81 bits per heavy atom. The average Bonchev–Trinajstić information content (AvgIpc) is 3.43. The maximum absolute atomic E-state index is 16.1. The summed E-state index contributed by atoms with van der Waals surface area (Å²) in [7, 11) is 2.14. The molecule has 10 atom stereocenters. The van der Waals surface area contributed by atoms with Crippen LogP contribution in [0.5, 0.6) is 0 Å². The Morgan fingerprint density at radius 1 is 1.02 bits per heavy atom. The number of alkyl halides is 1. The molecule has 3 saturated heterocycles. The zero-order chi connectivity index (χ0) is 29.5. The van der Waals surface area contributed by atoms with Gasteiger partial charge in [-0.05, 0) is 64.0 Å². The van der Waals surface area contributed by atoms with Crippen LogP contribution in [-0.2, 0) is 19.1 Å². The van der Waals surface area contributed by atoms with Gasteiger partial charge in [0.2, 0.25) is 0 Å². The fourth-order valence-electron chi connectivity index (χ4n) is 9.70. The fraction of sp³-hybridized carbons (Fsp3) is 0.879. The van der Waals surface area contributed by atoms with E-state index < -0.39 is 24.2 Å². The predicted molar refractivity (Wildman–Crippen MR) is 161 cm³/mol. The topological polar surface area (TPSA) is 86.4 Å².